The van der Waals surface area contributed by atoms with E-state index in [1.54, 1.807) is 30.5 Å². The number of amides is 1. The Morgan fingerprint density at radius 2 is 2.00 bits per heavy atom. The number of nitrogens with zero attached hydrogens (tertiary/aromatic N) is 2. The molecule has 0 spiro atoms. The predicted molar refractivity (Wildman–Crippen MR) is 101 cm³/mol. The summed E-state index contributed by atoms with van der Waals surface area (Å²) in [5, 5.41) is 3.50. The fraction of sp³-hybridized carbons (Fsp3) is 0.333. The van der Waals surface area contributed by atoms with Crippen molar-refractivity contribution in [3.63, 3.8) is 0 Å². The van der Waals surface area contributed by atoms with Gasteiger partial charge in [-0.1, -0.05) is 23.2 Å². The van der Waals surface area contributed by atoms with Crippen molar-refractivity contribution in [3.8, 4) is 5.88 Å². The first-order valence-corrected chi connectivity index (χ1v) is 9.03. The summed E-state index contributed by atoms with van der Waals surface area (Å²) in [6, 6.07) is 8.19. The van der Waals surface area contributed by atoms with Crippen LogP contribution >= 0.6 is 23.2 Å². The van der Waals surface area contributed by atoms with E-state index in [-0.39, 0.29) is 5.91 Å². The van der Waals surface area contributed by atoms with Crippen molar-refractivity contribution in [3.05, 3.63) is 52.1 Å². The lowest BCUT2D eigenvalue weighted by Gasteiger charge is -2.26. The molecule has 1 aromatic carbocycles. The maximum Gasteiger partial charge on any atom is 0.255 e. The summed E-state index contributed by atoms with van der Waals surface area (Å²) in [5.74, 6) is 0.233. The lowest BCUT2D eigenvalue weighted by Crippen LogP contribution is -2.38. The number of hydrogen-bond acceptors (Lipinski definition) is 5. The number of aromatic nitrogens is 1. The Morgan fingerprint density at radius 1 is 1.19 bits per heavy atom. The predicted octanol–water partition coefficient (Wildman–Crippen LogP) is 3.35. The van der Waals surface area contributed by atoms with Gasteiger partial charge in [-0.25, -0.2) is 4.98 Å². The number of nitrogens with one attached hydrogen (secondary N) is 1. The van der Waals surface area contributed by atoms with Gasteiger partial charge in [0.05, 0.1) is 35.1 Å². The van der Waals surface area contributed by atoms with Crippen LogP contribution in [0.3, 0.4) is 0 Å². The molecule has 0 aliphatic carbocycles. The summed E-state index contributed by atoms with van der Waals surface area (Å²) >= 11 is 11.8. The van der Waals surface area contributed by atoms with Gasteiger partial charge in [-0.3, -0.25) is 9.69 Å². The summed E-state index contributed by atoms with van der Waals surface area (Å²) in [6.07, 6.45) is 1.56. The van der Waals surface area contributed by atoms with Crippen LogP contribution in [0.25, 0.3) is 0 Å². The monoisotopic (exact) mass is 395 g/mol. The van der Waals surface area contributed by atoms with Crippen molar-refractivity contribution >= 4 is 34.8 Å². The molecule has 1 fully saturated rings. The third-order valence-corrected chi connectivity index (χ3v) is 4.68. The molecule has 0 unspecified atom stereocenters. The highest BCUT2D eigenvalue weighted by Crippen LogP contribution is 2.23. The van der Waals surface area contributed by atoms with Gasteiger partial charge in [-0.05, 0) is 24.3 Å². The Bertz CT molecular complexity index is 750. The van der Waals surface area contributed by atoms with Crippen molar-refractivity contribution in [2.75, 3.05) is 44.8 Å². The largest absolute Gasteiger partial charge is 0.476 e. The molecule has 2 heterocycles. The number of halogens is 2. The van der Waals surface area contributed by atoms with Gasteiger partial charge in [-0.2, -0.15) is 0 Å². The van der Waals surface area contributed by atoms with Crippen molar-refractivity contribution in [1.29, 1.82) is 0 Å². The number of morpholine rings is 1. The lowest BCUT2D eigenvalue weighted by molar-refractivity contribution is 0.0320. The molecule has 0 bridgehead atoms. The van der Waals surface area contributed by atoms with Gasteiger partial charge >= 0.3 is 0 Å². The first kappa shape index (κ1) is 18.9. The molecule has 2 aromatic rings. The number of anilines is 1. The number of carbonyl (C=O) groups excluding carboxylic acids is 1. The Kier molecular flexibility index (Phi) is 6.68. The second kappa shape index (κ2) is 9.19. The minimum absolute atomic E-state index is 0.286. The normalized spacial score (nSPS) is 14.8. The Morgan fingerprint density at radius 3 is 2.69 bits per heavy atom. The van der Waals surface area contributed by atoms with E-state index < -0.39 is 0 Å². The van der Waals surface area contributed by atoms with E-state index in [4.69, 9.17) is 32.7 Å². The van der Waals surface area contributed by atoms with E-state index in [1.165, 1.54) is 6.07 Å². The summed E-state index contributed by atoms with van der Waals surface area (Å²) < 4.78 is 11.0. The summed E-state index contributed by atoms with van der Waals surface area (Å²) in [7, 11) is 0. The molecule has 1 aliphatic heterocycles. The first-order chi connectivity index (χ1) is 12.6. The Balaban J connectivity index is 1.49. The number of rotatable bonds is 6. The zero-order chi connectivity index (χ0) is 18.4. The van der Waals surface area contributed by atoms with E-state index in [0.717, 1.165) is 32.8 Å². The number of pyridine rings is 1. The van der Waals surface area contributed by atoms with Crippen molar-refractivity contribution in [1.82, 2.24) is 9.88 Å². The quantitative estimate of drug-likeness (QED) is 0.812. The molecule has 8 heteroatoms. The van der Waals surface area contributed by atoms with Crippen LogP contribution in [0.1, 0.15) is 10.4 Å². The van der Waals surface area contributed by atoms with Gasteiger partial charge in [0, 0.05) is 31.3 Å². The van der Waals surface area contributed by atoms with Crippen LogP contribution in [-0.2, 0) is 4.74 Å². The Hall–Kier alpha value is -1.86. The van der Waals surface area contributed by atoms with Crippen LogP contribution in [0, 0.1) is 0 Å². The van der Waals surface area contributed by atoms with Gasteiger partial charge < -0.3 is 14.8 Å². The highest BCUT2D eigenvalue weighted by molar-refractivity contribution is 6.42. The minimum atomic E-state index is -0.286. The molecule has 1 aliphatic rings. The Labute approximate surface area is 162 Å². The molecule has 1 aromatic heterocycles. The van der Waals surface area contributed by atoms with Crippen molar-refractivity contribution in [2.45, 2.75) is 0 Å². The molecule has 138 valence electrons. The second-order valence-corrected chi connectivity index (χ2v) is 6.58. The second-order valence-electron chi connectivity index (χ2n) is 5.77. The molecule has 6 nitrogen and oxygen atoms in total. The van der Waals surface area contributed by atoms with Gasteiger partial charge in [0.2, 0.25) is 5.88 Å². The van der Waals surface area contributed by atoms with Crippen LogP contribution in [0.15, 0.2) is 36.5 Å². The molecule has 1 N–H and O–H groups in total. The fourth-order valence-corrected chi connectivity index (χ4v) is 2.78. The molecule has 1 amide bonds. The maximum atomic E-state index is 12.2. The standard InChI is InChI=1S/C18H19Cl2N3O3/c19-15-3-1-13(11-16(15)20)18(24)22-14-2-4-17(21-12-14)26-10-7-23-5-8-25-9-6-23/h1-4,11-12H,5-10H2,(H,22,24). The molecular formula is C18H19Cl2N3O3. The highest BCUT2D eigenvalue weighted by atomic mass is 35.5. The summed E-state index contributed by atoms with van der Waals surface area (Å²) in [6.45, 7) is 4.78. The van der Waals surface area contributed by atoms with Crippen LogP contribution < -0.4 is 10.1 Å². The maximum absolute atomic E-state index is 12.2. The molecule has 0 atom stereocenters. The van der Waals surface area contributed by atoms with Crippen molar-refractivity contribution < 1.29 is 14.3 Å². The average molecular weight is 396 g/mol. The summed E-state index contributed by atoms with van der Waals surface area (Å²) in [5.41, 5.74) is 0.992. The number of benzene rings is 1. The molecule has 26 heavy (non-hydrogen) atoms. The number of ether oxygens (including phenoxy) is 2. The molecule has 0 saturated carbocycles. The third kappa shape index (κ3) is 5.32. The minimum Gasteiger partial charge on any atom is -0.476 e. The summed E-state index contributed by atoms with van der Waals surface area (Å²) in [4.78, 5) is 18.7. The van der Waals surface area contributed by atoms with Gasteiger partial charge in [0.15, 0.2) is 0 Å². The molecule has 3 rings (SSSR count). The van der Waals surface area contributed by atoms with Crippen LogP contribution in [-0.4, -0.2) is 55.2 Å². The highest BCUT2D eigenvalue weighted by Gasteiger charge is 2.11. The number of hydrogen-bond donors (Lipinski definition) is 1. The topological polar surface area (TPSA) is 63.7 Å². The van der Waals surface area contributed by atoms with Gasteiger partial charge in [0.25, 0.3) is 5.91 Å². The van der Waals surface area contributed by atoms with Crippen LogP contribution in [0.4, 0.5) is 5.69 Å². The van der Waals surface area contributed by atoms with E-state index in [9.17, 15) is 4.79 Å². The van der Waals surface area contributed by atoms with Gasteiger partial charge in [-0.15, -0.1) is 0 Å². The molecule has 0 radical (unpaired) electrons. The molecular weight excluding hydrogens is 377 g/mol. The molecule has 1 saturated heterocycles. The van der Waals surface area contributed by atoms with Crippen LogP contribution in [0.2, 0.25) is 10.0 Å². The smallest absolute Gasteiger partial charge is 0.255 e. The SMILES string of the molecule is O=C(Nc1ccc(OCCN2CCOCC2)nc1)c1ccc(Cl)c(Cl)c1. The zero-order valence-electron chi connectivity index (χ0n) is 14.1. The lowest BCUT2D eigenvalue weighted by atomic mass is 10.2. The number of carbonyl (C=O) groups is 1. The third-order valence-electron chi connectivity index (χ3n) is 3.94. The first-order valence-electron chi connectivity index (χ1n) is 8.27. The van der Waals surface area contributed by atoms with E-state index >= 15 is 0 Å². The van der Waals surface area contributed by atoms with E-state index in [2.05, 4.69) is 15.2 Å². The van der Waals surface area contributed by atoms with Crippen LogP contribution in [0.5, 0.6) is 5.88 Å². The zero-order valence-corrected chi connectivity index (χ0v) is 15.6. The van der Waals surface area contributed by atoms with E-state index in [0.29, 0.717) is 33.8 Å². The fourth-order valence-electron chi connectivity index (χ4n) is 2.48. The van der Waals surface area contributed by atoms with Gasteiger partial charge in [0.1, 0.15) is 6.61 Å². The average Bonchev–Trinajstić information content (AvgIpc) is 2.66. The van der Waals surface area contributed by atoms with Crippen molar-refractivity contribution in [2.24, 2.45) is 0 Å². The van der Waals surface area contributed by atoms with E-state index in [1.807, 2.05) is 0 Å².